The minimum absolute atomic E-state index is 0.00645. The van der Waals surface area contributed by atoms with E-state index in [2.05, 4.69) is 10.2 Å². The Morgan fingerprint density at radius 2 is 2.00 bits per heavy atom. The SMILES string of the molecule is C[C@@H](NC[C@](C)(O)CN1CCOCC1)c1ccc([N+](=O)[O-])cc1. The van der Waals surface area contributed by atoms with Crippen molar-refractivity contribution < 1.29 is 14.8 Å². The zero-order chi connectivity index (χ0) is 16.9. The second-order valence-electron chi connectivity index (χ2n) is 6.34. The smallest absolute Gasteiger partial charge is 0.269 e. The predicted molar refractivity (Wildman–Crippen MR) is 87.4 cm³/mol. The number of hydrogen-bond acceptors (Lipinski definition) is 6. The molecule has 7 heteroatoms. The van der Waals surface area contributed by atoms with Crippen LogP contribution in [0.25, 0.3) is 0 Å². The first-order valence-electron chi connectivity index (χ1n) is 7.88. The first-order valence-corrected chi connectivity index (χ1v) is 7.88. The molecule has 0 unspecified atom stereocenters. The second-order valence-corrected chi connectivity index (χ2v) is 6.34. The largest absolute Gasteiger partial charge is 0.388 e. The third-order valence-electron chi connectivity index (χ3n) is 4.06. The van der Waals surface area contributed by atoms with E-state index in [9.17, 15) is 15.2 Å². The molecule has 0 bridgehead atoms. The van der Waals surface area contributed by atoms with Gasteiger partial charge in [0.1, 0.15) is 0 Å². The number of aliphatic hydroxyl groups is 1. The summed E-state index contributed by atoms with van der Waals surface area (Å²) >= 11 is 0. The molecule has 1 aromatic carbocycles. The molecule has 23 heavy (non-hydrogen) atoms. The second kappa shape index (κ2) is 7.83. The van der Waals surface area contributed by atoms with E-state index in [4.69, 9.17) is 4.74 Å². The van der Waals surface area contributed by atoms with Crippen LogP contribution in [0.2, 0.25) is 0 Å². The number of nitro groups is 1. The lowest BCUT2D eigenvalue weighted by Gasteiger charge is -2.34. The lowest BCUT2D eigenvalue weighted by atomic mass is 10.0. The number of nitrogens with zero attached hydrogens (tertiary/aromatic N) is 2. The minimum atomic E-state index is -0.841. The van der Waals surface area contributed by atoms with E-state index >= 15 is 0 Å². The van der Waals surface area contributed by atoms with Gasteiger partial charge in [-0.25, -0.2) is 0 Å². The molecule has 0 amide bonds. The highest BCUT2D eigenvalue weighted by atomic mass is 16.6. The van der Waals surface area contributed by atoms with Gasteiger partial charge in [0, 0.05) is 44.4 Å². The number of benzene rings is 1. The van der Waals surface area contributed by atoms with E-state index in [0.29, 0.717) is 26.3 Å². The molecular formula is C16H25N3O4. The van der Waals surface area contributed by atoms with Crippen LogP contribution in [0.1, 0.15) is 25.5 Å². The van der Waals surface area contributed by atoms with Crippen molar-refractivity contribution in [2.24, 2.45) is 0 Å². The summed E-state index contributed by atoms with van der Waals surface area (Å²) in [5, 5.41) is 24.5. The quantitative estimate of drug-likeness (QED) is 0.581. The fourth-order valence-electron chi connectivity index (χ4n) is 2.67. The van der Waals surface area contributed by atoms with Gasteiger partial charge in [0.05, 0.1) is 23.7 Å². The number of hydrogen-bond donors (Lipinski definition) is 2. The molecule has 2 N–H and O–H groups in total. The topological polar surface area (TPSA) is 87.9 Å². The standard InChI is InChI=1S/C16H25N3O4/c1-13(14-3-5-15(6-4-14)19(21)22)17-11-16(2,20)12-18-7-9-23-10-8-18/h3-6,13,17,20H,7-12H2,1-2H3/t13-,16+/m1/s1. The van der Waals surface area contributed by atoms with E-state index in [0.717, 1.165) is 18.7 Å². The van der Waals surface area contributed by atoms with Gasteiger partial charge < -0.3 is 15.2 Å². The highest BCUT2D eigenvalue weighted by Crippen LogP contribution is 2.18. The van der Waals surface area contributed by atoms with Crippen LogP contribution in [-0.4, -0.2) is 59.9 Å². The lowest BCUT2D eigenvalue weighted by Crippen LogP contribution is -2.50. The van der Waals surface area contributed by atoms with E-state index in [1.807, 2.05) is 13.8 Å². The first-order chi connectivity index (χ1) is 10.9. The Morgan fingerprint density at radius 1 is 1.39 bits per heavy atom. The average molecular weight is 323 g/mol. The zero-order valence-corrected chi connectivity index (χ0v) is 13.7. The summed E-state index contributed by atoms with van der Waals surface area (Å²) < 4.78 is 5.31. The molecule has 1 saturated heterocycles. The molecule has 2 rings (SSSR count). The van der Waals surface area contributed by atoms with Crippen molar-refractivity contribution in [3.8, 4) is 0 Å². The normalized spacial score (nSPS) is 20.0. The summed E-state index contributed by atoms with van der Waals surface area (Å²) in [5.41, 5.74) is 0.199. The highest BCUT2D eigenvalue weighted by molar-refractivity contribution is 5.34. The van der Waals surface area contributed by atoms with Crippen LogP contribution >= 0.6 is 0 Å². The van der Waals surface area contributed by atoms with Crippen molar-refractivity contribution in [2.45, 2.75) is 25.5 Å². The molecule has 1 aliphatic heterocycles. The number of nitro benzene ring substituents is 1. The van der Waals surface area contributed by atoms with E-state index in [1.54, 1.807) is 12.1 Å². The lowest BCUT2D eigenvalue weighted by molar-refractivity contribution is -0.384. The Balaban J connectivity index is 1.84. The van der Waals surface area contributed by atoms with Crippen molar-refractivity contribution in [3.63, 3.8) is 0 Å². The van der Waals surface area contributed by atoms with Crippen molar-refractivity contribution in [3.05, 3.63) is 39.9 Å². The van der Waals surface area contributed by atoms with Crippen LogP contribution in [0.5, 0.6) is 0 Å². The van der Waals surface area contributed by atoms with Crippen LogP contribution in [-0.2, 0) is 4.74 Å². The predicted octanol–water partition coefficient (Wildman–Crippen LogP) is 1.33. The van der Waals surface area contributed by atoms with Crippen LogP contribution in [0.3, 0.4) is 0 Å². The molecule has 0 spiro atoms. The molecule has 0 aliphatic carbocycles. The molecule has 0 aromatic heterocycles. The summed E-state index contributed by atoms with van der Waals surface area (Å²) in [4.78, 5) is 12.5. The fourth-order valence-corrected chi connectivity index (χ4v) is 2.67. The van der Waals surface area contributed by atoms with Crippen LogP contribution < -0.4 is 5.32 Å². The summed E-state index contributed by atoms with van der Waals surface area (Å²) in [7, 11) is 0. The molecule has 1 heterocycles. The maximum absolute atomic E-state index is 10.7. The maximum atomic E-state index is 10.7. The monoisotopic (exact) mass is 323 g/mol. The Kier molecular flexibility index (Phi) is 6.06. The Bertz CT molecular complexity index is 513. The van der Waals surface area contributed by atoms with Crippen molar-refractivity contribution in [1.82, 2.24) is 10.2 Å². The van der Waals surface area contributed by atoms with Gasteiger partial charge in [-0.2, -0.15) is 0 Å². The third kappa shape index (κ3) is 5.54. The van der Waals surface area contributed by atoms with E-state index in [-0.39, 0.29) is 11.7 Å². The molecule has 128 valence electrons. The number of non-ortho nitro benzene ring substituents is 1. The average Bonchev–Trinajstić information content (AvgIpc) is 2.53. The fraction of sp³-hybridized carbons (Fsp3) is 0.625. The number of morpholine rings is 1. The van der Waals surface area contributed by atoms with Gasteiger partial charge in [0.25, 0.3) is 5.69 Å². The third-order valence-corrected chi connectivity index (χ3v) is 4.06. The number of rotatable bonds is 7. The summed E-state index contributed by atoms with van der Waals surface area (Å²) in [6, 6.07) is 6.49. The Hall–Kier alpha value is -1.54. The number of ether oxygens (including phenoxy) is 1. The van der Waals surface area contributed by atoms with Crippen molar-refractivity contribution in [2.75, 3.05) is 39.4 Å². The van der Waals surface area contributed by atoms with Crippen LogP contribution in [0.4, 0.5) is 5.69 Å². The molecule has 1 fully saturated rings. The molecular weight excluding hydrogens is 298 g/mol. The molecule has 2 atom stereocenters. The maximum Gasteiger partial charge on any atom is 0.269 e. The molecule has 1 aromatic rings. The van der Waals surface area contributed by atoms with Gasteiger partial charge >= 0.3 is 0 Å². The Morgan fingerprint density at radius 3 is 2.57 bits per heavy atom. The van der Waals surface area contributed by atoms with Crippen molar-refractivity contribution in [1.29, 1.82) is 0 Å². The summed E-state index contributed by atoms with van der Waals surface area (Å²) in [6.45, 7) is 7.94. The minimum Gasteiger partial charge on any atom is -0.388 e. The number of nitrogens with one attached hydrogen (secondary N) is 1. The van der Waals surface area contributed by atoms with Crippen molar-refractivity contribution >= 4 is 5.69 Å². The summed E-state index contributed by atoms with van der Waals surface area (Å²) in [6.07, 6.45) is 0. The summed E-state index contributed by atoms with van der Waals surface area (Å²) in [5.74, 6) is 0. The van der Waals surface area contributed by atoms with Gasteiger partial charge in [0.15, 0.2) is 0 Å². The van der Waals surface area contributed by atoms with E-state index in [1.165, 1.54) is 12.1 Å². The van der Waals surface area contributed by atoms with Gasteiger partial charge in [0.2, 0.25) is 0 Å². The van der Waals surface area contributed by atoms with Gasteiger partial charge in [-0.3, -0.25) is 15.0 Å². The van der Waals surface area contributed by atoms with Gasteiger partial charge in [-0.1, -0.05) is 12.1 Å². The first kappa shape index (κ1) is 17.8. The molecule has 0 saturated carbocycles. The van der Waals surface area contributed by atoms with Gasteiger partial charge in [-0.05, 0) is 19.4 Å². The highest BCUT2D eigenvalue weighted by Gasteiger charge is 2.25. The van der Waals surface area contributed by atoms with Crippen LogP contribution in [0, 0.1) is 10.1 Å². The van der Waals surface area contributed by atoms with E-state index < -0.39 is 10.5 Å². The Labute approximate surface area is 136 Å². The number of β-amino-alcohol motifs (C(OH)–C–C–N with tert-alkyl or cyclic N) is 1. The van der Waals surface area contributed by atoms with Crippen LogP contribution in [0.15, 0.2) is 24.3 Å². The molecule has 0 radical (unpaired) electrons. The molecule has 7 nitrogen and oxygen atoms in total. The zero-order valence-electron chi connectivity index (χ0n) is 13.7. The van der Waals surface area contributed by atoms with Gasteiger partial charge in [-0.15, -0.1) is 0 Å². The molecule has 1 aliphatic rings.